The van der Waals surface area contributed by atoms with Crippen molar-refractivity contribution < 1.29 is 19.1 Å². The highest BCUT2D eigenvalue weighted by Gasteiger charge is 2.36. The maximum atomic E-state index is 12.2. The molecule has 19 heavy (non-hydrogen) atoms. The second-order valence-corrected chi connectivity index (χ2v) is 4.92. The number of hydrogen-bond acceptors (Lipinski definition) is 4. The monoisotopic (exact) mass is 268 g/mol. The van der Waals surface area contributed by atoms with Crippen LogP contribution in [0, 0.1) is 0 Å². The number of nitrogens with zero attached hydrogens (tertiary/aromatic N) is 2. The number of hydrogen-bond donors (Lipinski definition) is 0. The molecule has 106 valence electrons. The lowest BCUT2D eigenvalue weighted by Gasteiger charge is -2.25. The first-order valence-corrected chi connectivity index (χ1v) is 6.87. The standard InChI is InChI=1S/C13H20N2O4/c1-2-19-13(18)10-5-3-8-15(10)12(17)9-14-7-4-6-11(14)16/h10H,2-9H2,1H3. The molecule has 0 bridgehead atoms. The smallest absolute Gasteiger partial charge is 0.328 e. The Morgan fingerprint density at radius 2 is 2.11 bits per heavy atom. The number of amides is 2. The van der Waals surface area contributed by atoms with Crippen molar-refractivity contribution in [2.24, 2.45) is 0 Å². The van der Waals surface area contributed by atoms with E-state index >= 15 is 0 Å². The van der Waals surface area contributed by atoms with Crippen LogP contribution in [0.1, 0.15) is 32.6 Å². The van der Waals surface area contributed by atoms with Crippen LogP contribution in [0.25, 0.3) is 0 Å². The fourth-order valence-electron chi connectivity index (χ4n) is 2.67. The average Bonchev–Trinajstić information content (AvgIpc) is 2.99. The molecule has 2 aliphatic rings. The van der Waals surface area contributed by atoms with Gasteiger partial charge >= 0.3 is 5.97 Å². The summed E-state index contributed by atoms with van der Waals surface area (Å²) in [7, 11) is 0. The van der Waals surface area contributed by atoms with Crippen molar-refractivity contribution in [2.45, 2.75) is 38.6 Å². The molecule has 0 aromatic carbocycles. The van der Waals surface area contributed by atoms with Gasteiger partial charge in [-0.25, -0.2) is 4.79 Å². The predicted molar refractivity (Wildman–Crippen MR) is 67.2 cm³/mol. The molecule has 0 spiro atoms. The molecule has 0 radical (unpaired) electrons. The molecule has 6 nitrogen and oxygen atoms in total. The van der Waals surface area contributed by atoms with Gasteiger partial charge in [-0.2, -0.15) is 0 Å². The minimum absolute atomic E-state index is 0.0280. The summed E-state index contributed by atoms with van der Waals surface area (Å²) in [6.07, 6.45) is 2.80. The molecule has 6 heteroatoms. The average molecular weight is 268 g/mol. The zero-order valence-corrected chi connectivity index (χ0v) is 11.3. The van der Waals surface area contributed by atoms with E-state index in [0.717, 1.165) is 12.8 Å². The summed E-state index contributed by atoms with van der Waals surface area (Å²) in [5, 5.41) is 0. The Balaban J connectivity index is 1.93. The summed E-state index contributed by atoms with van der Waals surface area (Å²) in [6.45, 7) is 3.38. The van der Waals surface area contributed by atoms with Gasteiger partial charge in [-0.15, -0.1) is 0 Å². The molecule has 2 saturated heterocycles. The van der Waals surface area contributed by atoms with E-state index < -0.39 is 6.04 Å². The van der Waals surface area contributed by atoms with Crippen LogP contribution in [0.5, 0.6) is 0 Å². The van der Waals surface area contributed by atoms with Gasteiger partial charge in [0, 0.05) is 19.5 Å². The Morgan fingerprint density at radius 3 is 2.74 bits per heavy atom. The van der Waals surface area contributed by atoms with Crippen LogP contribution in [0.4, 0.5) is 0 Å². The van der Waals surface area contributed by atoms with E-state index in [9.17, 15) is 14.4 Å². The Labute approximate surface area is 112 Å². The summed E-state index contributed by atoms with van der Waals surface area (Å²) in [5.41, 5.74) is 0. The first-order valence-electron chi connectivity index (χ1n) is 6.87. The molecule has 1 unspecified atom stereocenters. The first kappa shape index (κ1) is 13.8. The summed E-state index contributed by atoms with van der Waals surface area (Å²) < 4.78 is 4.98. The van der Waals surface area contributed by atoms with E-state index in [1.807, 2.05) is 0 Å². The highest BCUT2D eigenvalue weighted by atomic mass is 16.5. The third-order valence-electron chi connectivity index (χ3n) is 3.63. The molecule has 0 aliphatic carbocycles. The number of carbonyl (C=O) groups excluding carboxylic acids is 3. The van der Waals surface area contributed by atoms with Crippen LogP contribution < -0.4 is 0 Å². The van der Waals surface area contributed by atoms with Gasteiger partial charge in [-0.3, -0.25) is 9.59 Å². The zero-order chi connectivity index (χ0) is 13.8. The minimum Gasteiger partial charge on any atom is -0.464 e. The maximum absolute atomic E-state index is 12.2. The van der Waals surface area contributed by atoms with Gasteiger partial charge in [0.05, 0.1) is 13.2 Å². The van der Waals surface area contributed by atoms with Crippen molar-refractivity contribution in [3.05, 3.63) is 0 Å². The van der Waals surface area contributed by atoms with Crippen molar-refractivity contribution in [2.75, 3.05) is 26.2 Å². The first-order chi connectivity index (χ1) is 9.13. The van der Waals surface area contributed by atoms with Crippen molar-refractivity contribution in [3.63, 3.8) is 0 Å². The maximum Gasteiger partial charge on any atom is 0.328 e. The Hall–Kier alpha value is -1.59. The lowest BCUT2D eigenvalue weighted by Crippen LogP contribution is -2.46. The molecular weight excluding hydrogens is 248 g/mol. The van der Waals surface area contributed by atoms with Crippen molar-refractivity contribution >= 4 is 17.8 Å². The molecule has 2 rings (SSSR count). The van der Waals surface area contributed by atoms with Gasteiger partial charge in [0.15, 0.2) is 0 Å². The predicted octanol–water partition coefficient (Wildman–Crippen LogP) is 0.163. The van der Waals surface area contributed by atoms with Crippen LogP contribution in [-0.4, -0.2) is 59.9 Å². The fraction of sp³-hybridized carbons (Fsp3) is 0.769. The molecule has 2 amide bonds. The second kappa shape index (κ2) is 6.04. The van der Waals surface area contributed by atoms with Gasteiger partial charge in [-0.05, 0) is 26.2 Å². The molecule has 1 atom stereocenters. The quantitative estimate of drug-likeness (QED) is 0.681. The number of rotatable bonds is 4. The van der Waals surface area contributed by atoms with Crippen LogP contribution in [0.2, 0.25) is 0 Å². The summed E-state index contributed by atoms with van der Waals surface area (Å²) >= 11 is 0. The molecule has 0 saturated carbocycles. The molecule has 2 aliphatic heterocycles. The Bertz CT molecular complexity index is 383. The van der Waals surface area contributed by atoms with E-state index in [2.05, 4.69) is 0 Å². The lowest BCUT2D eigenvalue weighted by molar-refractivity contribution is -0.153. The van der Waals surface area contributed by atoms with Gasteiger partial charge in [0.25, 0.3) is 0 Å². The molecule has 2 fully saturated rings. The van der Waals surface area contributed by atoms with Gasteiger partial charge in [0.1, 0.15) is 6.04 Å². The van der Waals surface area contributed by atoms with Crippen LogP contribution in [0.15, 0.2) is 0 Å². The Morgan fingerprint density at radius 1 is 1.32 bits per heavy atom. The molecule has 2 heterocycles. The highest BCUT2D eigenvalue weighted by molar-refractivity contribution is 5.89. The second-order valence-electron chi connectivity index (χ2n) is 4.92. The Kier molecular flexibility index (Phi) is 4.39. The molecular formula is C13H20N2O4. The van der Waals surface area contributed by atoms with E-state index in [-0.39, 0.29) is 24.3 Å². The number of esters is 1. The van der Waals surface area contributed by atoms with Crippen molar-refractivity contribution in [1.29, 1.82) is 0 Å². The molecule has 0 N–H and O–H groups in total. The van der Waals surface area contributed by atoms with Crippen LogP contribution in [-0.2, 0) is 19.1 Å². The zero-order valence-electron chi connectivity index (χ0n) is 11.3. The third-order valence-corrected chi connectivity index (χ3v) is 3.63. The van der Waals surface area contributed by atoms with E-state index in [1.165, 1.54) is 0 Å². The topological polar surface area (TPSA) is 66.9 Å². The van der Waals surface area contributed by atoms with Gasteiger partial charge in [-0.1, -0.05) is 0 Å². The van der Waals surface area contributed by atoms with Gasteiger partial charge in [0.2, 0.25) is 11.8 Å². The van der Waals surface area contributed by atoms with E-state index in [0.29, 0.717) is 32.5 Å². The number of ether oxygens (including phenoxy) is 1. The summed E-state index contributed by atoms with van der Waals surface area (Å²) in [5.74, 6) is -0.452. The fourth-order valence-corrected chi connectivity index (χ4v) is 2.67. The normalized spacial score (nSPS) is 23.0. The highest BCUT2D eigenvalue weighted by Crippen LogP contribution is 2.20. The van der Waals surface area contributed by atoms with Crippen LogP contribution >= 0.6 is 0 Å². The van der Waals surface area contributed by atoms with Crippen molar-refractivity contribution in [1.82, 2.24) is 9.80 Å². The molecule has 0 aromatic heterocycles. The van der Waals surface area contributed by atoms with Gasteiger partial charge < -0.3 is 14.5 Å². The van der Waals surface area contributed by atoms with E-state index in [4.69, 9.17) is 4.74 Å². The van der Waals surface area contributed by atoms with Crippen molar-refractivity contribution in [3.8, 4) is 0 Å². The van der Waals surface area contributed by atoms with Crippen LogP contribution in [0.3, 0.4) is 0 Å². The molecule has 0 aromatic rings. The number of likely N-dealkylation sites (tertiary alicyclic amines) is 2. The SMILES string of the molecule is CCOC(=O)C1CCCN1C(=O)CN1CCCC1=O. The summed E-state index contributed by atoms with van der Waals surface area (Å²) in [6, 6.07) is -0.467. The number of carbonyl (C=O) groups is 3. The van der Waals surface area contributed by atoms with E-state index in [1.54, 1.807) is 16.7 Å². The lowest BCUT2D eigenvalue weighted by atomic mass is 10.2. The third kappa shape index (κ3) is 3.05. The minimum atomic E-state index is -0.467. The largest absolute Gasteiger partial charge is 0.464 e. The summed E-state index contributed by atoms with van der Waals surface area (Å²) in [4.78, 5) is 38.6.